The minimum Gasteiger partial charge on any atom is -0.364 e. The molecule has 1 heterocycles. The van der Waals surface area contributed by atoms with Crippen LogP contribution in [0.1, 0.15) is 21.7 Å². The van der Waals surface area contributed by atoms with Gasteiger partial charge in [0.15, 0.2) is 5.69 Å². The molecule has 0 atom stereocenters. The molecule has 0 bridgehead atoms. The summed E-state index contributed by atoms with van der Waals surface area (Å²) in [4.78, 5) is 22.8. The second-order valence-corrected chi connectivity index (χ2v) is 4.31. The highest BCUT2D eigenvalue weighted by molar-refractivity contribution is 5.91. The Labute approximate surface area is 115 Å². The quantitative estimate of drug-likeness (QED) is 0.800. The first-order valence-electron chi connectivity index (χ1n) is 6.08. The Morgan fingerprint density at radius 1 is 1.30 bits per heavy atom. The maximum atomic E-state index is 11.8. The number of nitrogens with one attached hydrogen (secondary N) is 1. The molecule has 3 N–H and O–H groups in total. The Morgan fingerprint density at radius 3 is 2.60 bits per heavy atom. The van der Waals surface area contributed by atoms with Crippen LogP contribution in [-0.4, -0.2) is 26.8 Å². The molecule has 1 aromatic heterocycles. The molecule has 2 aromatic rings. The lowest BCUT2D eigenvalue weighted by atomic mass is 10.2. The number of amides is 2. The summed E-state index contributed by atoms with van der Waals surface area (Å²) in [6.07, 6.45) is 0. The predicted octanol–water partition coefficient (Wildman–Crippen LogP) is 0.00182. The fraction of sp³-hybridized carbons (Fsp3) is 0.231. The van der Waals surface area contributed by atoms with Gasteiger partial charge in [0.2, 0.25) is 5.91 Å². The van der Waals surface area contributed by atoms with E-state index in [0.717, 1.165) is 5.56 Å². The summed E-state index contributed by atoms with van der Waals surface area (Å²) in [7, 11) is 0. The summed E-state index contributed by atoms with van der Waals surface area (Å²) in [5.74, 6) is -0.865. The van der Waals surface area contributed by atoms with Crippen LogP contribution in [0.2, 0.25) is 0 Å². The van der Waals surface area contributed by atoms with Crippen molar-refractivity contribution in [3.8, 4) is 0 Å². The second kappa shape index (κ2) is 5.96. The summed E-state index contributed by atoms with van der Waals surface area (Å²) in [5.41, 5.74) is 6.71. The highest BCUT2D eigenvalue weighted by Crippen LogP contribution is 2.02. The molecule has 0 saturated heterocycles. The number of nitrogens with zero attached hydrogens (tertiary/aromatic N) is 3. The van der Waals surface area contributed by atoms with E-state index in [2.05, 4.69) is 15.6 Å². The largest absolute Gasteiger partial charge is 0.364 e. The monoisotopic (exact) mass is 273 g/mol. The lowest BCUT2D eigenvalue weighted by molar-refractivity contribution is -0.122. The van der Waals surface area contributed by atoms with Crippen molar-refractivity contribution in [2.45, 2.75) is 20.0 Å². The van der Waals surface area contributed by atoms with E-state index >= 15 is 0 Å². The van der Waals surface area contributed by atoms with Crippen LogP contribution in [0.5, 0.6) is 0 Å². The number of benzene rings is 1. The molecule has 0 aliphatic heterocycles. The fourth-order valence-corrected chi connectivity index (χ4v) is 1.73. The SMILES string of the molecule is Cc1c(C(N)=O)nnn1CC(=O)NCc1ccccc1. The maximum Gasteiger partial charge on any atom is 0.271 e. The van der Waals surface area contributed by atoms with Crippen LogP contribution < -0.4 is 11.1 Å². The number of primary amides is 1. The van der Waals surface area contributed by atoms with E-state index in [0.29, 0.717) is 12.2 Å². The number of carbonyl (C=O) groups is 2. The molecule has 0 spiro atoms. The number of hydrogen-bond acceptors (Lipinski definition) is 4. The third kappa shape index (κ3) is 3.19. The topological polar surface area (TPSA) is 103 Å². The zero-order chi connectivity index (χ0) is 14.5. The van der Waals surface area contributed by atoms with Crippen molar-refractivity contribution in [2.24, 2.45) is 5.73 Å². The van der Waals surface area contributed by atoms with Gasteiger partial charge in [-0.2, -0.15) is 0 Å². The van der Waals surface area contributed by atoms with Crippen LogP contribution in [0.4, 0.5) is 0 Å². The highest BCUT2D eigenvalue weighted by atomic mass is 16.2. The van der Waals surface area contributed by atoms with Gasteiger partial charge >= 0.3 is 0 Å². The van der Waals surface area contributed by atoms with Crippen molar-refractivity contribution < 1.29 is 9.59 Å². The van der Waals surface area contributed by atoms with Crippen LogP contribution >= 0.6 is 0 Å². The third-order valence-electron chi connectivity index (χ3n) is 2.84. The van der Waals surface area contributed by atoms with E-state index in [4.69, 9.17) is 5.73 Å². The van der Waals surface area contributed by atoms with Gasteiger partial charge in [-0.25, -0.2) is 4.68 Å². The zero-order valence-electron chi connectivity index (χ0n) is 11.0. The first-order chi connectivity index (χ1) is 9.58. The van der Waals surface area contributed by atoms with Crippen molar-refractivity contribution >= 4 is 11.8 Å². The summed E-state index contributed by atoms with van der Waals surface area (Å²) in [6.45, 7) is 2.08. The highest BCUT2D eigenvalue weighted by Gasteiger charge is 2.15. The minimum atomic E-state index is -0.654. The molecule has 7 heteroatoms. The Balaban J connectivity index is 1.93. The zero-order valence-corrected chi connectivity index (χ0v) is 11.0. The van der Waals surface area contributed by atoms with Crippen LogP contribution in [-0.2, 0) is 17.9 Å². The van der Waals surface area contributed by atoms with Gasteiger partial charge in [-0.1, -0.05) is 35.5 Å². The van der Waals surface area contributed by atoms with Gasteiger partial charge in [0, 0.05) is 6.54 Å². The second-order valence-electron chi connectivity index (χ2n) is 4.31. The molecule has 0 fully saturated rings. The minimum absolute atomic E-state index is 0.00104. The van der Waals surface area contributed by atoms with Gasteiger partial charge in [0.1, 0.15) is 6.54 Å². The number of aromatic nitrogens is 3. The van der Waals surface area contributed by atoms with E-state index in [1.165, 1.54) is 4.68 Å². The lowest BCUT2D eigenvalue weighted by Crippen LogP contribution is -2.28. The average Bonchev–Trinajstić information content (AvgIpc) is 2.79. The van der Waals surface area contributed by atoms with Crippen LogP contribution in [0.25, 0.3) is 0 Å². The fourth-order valence-electron chi connectivity index (χ4n) is 1.73. The molecule has 7 nitrogen and oxygen atoms in total. The molecule has 1 aromatic carbocycles. The van der Waals surface area contributed by atoms with Gasteiger partial charge in [0.25, 0.3) is 5.91 Å². The lowest BCUT2D eigenvalue weighted by Gasteiger charge is -2.06. The number of nitrogens with two attached hydrogens (primary N) is 1. The van der Waals surface area contributed by atoms with Crippen molar-refractivity contribution in [1.29, 1.82) is 0 Å². The maximum absolute atomic E-state index is 11.8. The van der Waals surface area contributed by atoms with Gasteiger partial charge < -0.3 is 11.1 Å². The molecule has 0 unspecified atom stereocenters. The van der Waals surface area contributed by atoms with E-state index < -0.39 is 5.91 Å². The molecule has 0 aliphatic rings. The molecule has 20 heavy (non-hydrogen) atoms. The van der Waals surface area contributed by atoms with Crippen molar-refractivity contribution in [3.05, 3.63) is 47.3 Å². The summed E-state index contributed by atoms with van der Waals surface area (Å²) < 4.78 is 1.35. The average molecular weight is 273 g/mol. The van der Waals surface area contributed by atoms with Crippen molar-refractivity contribution in [3.63, 3.8) is 0 Å². The Bertz CT molecular complexity index is 621. The van der Waals surface area contributed by atoms with Gasteiger partial charge in [-0.05, 0) is 12.5 Å². The van der Waals surface area contributed by atoms with Gasteiger partial charge in [-0.3, -0.25) is 9.59 Å². The molecule has 104 valence electrons. The van der Waals surface area contributed by atoms with E-state index in [1.807, 2.05) is 30.3 Å². The van der Waals surface area contributed by atoms with E-state index in [9.17, 15) is 9.59 Å². The van der Waals surface area contributed by atoms with Crippen LogP contribution in [0.3, 0.4) is 0 Å². The van der Waals surface area contributed by atoms with Gasteiger partial charge in [-0.15, -0.1) is 5.10 Å². The number of rotatable bonds is 5. The molecule has 0 saturated carbocycles. The number of carbonyl (C=O) groups excluding carboxylic acids is 2. The number of hydrogen-bond donors (Lipinski definition) is 2. The Hall–Kier alpha value is -2.70. The van der Waals surface area contributed by atoms with E-state index in [-0.39, 0.29) is 18.1 Å². The standard InChI is InChI=1S/C13H15N5O2/c1-9-12(13(14)20)16-17-18(9)8-11(19)15-7-10-5-3-2-4-6-10/h2-6H,7-8H2,1H3,(H2,14,20)(H,15,19). The van der Waals surface area contributed by atoms with E-state index in [1.54, 1.807) is 6.92 Å². The molecule has 0 radical (unpaired) electrons. The molecule has 2 rings (SSSR count). The van der Waals surface area contributed by atoms with Crippen molar-refractivity contribution in [2.75, 3.05) is 0 Å². The predicted molar refractivity (Wildman–Crippen MR) is 71.6 cm³/mol. The molecule has 2 amide bonds. The third-order valence-corrected chi connectivity index (χ3v) is 2.84. The summed E-state index contributed by atoms with van der Waals surface area (Å²) >= 11 is 0. The molecular weight excluding hydrogens is 258 g/mol. The van der Waals surface area contributed by atoms with Crippen LogP contribution in [0, 0.1) is 6.92 Å². The van der Waals surface area contributed by atoms with Crippen molar-refractivity contribution in [1.82, 2.24) is 20.3 Å². The Kier molecular flexibility index (Phi) is 4.09. The normalized spacial score (nSPS) is 10.2. The molecule has 0 aliphatic carbocycles. The van der Waals surface area contributed by atoms with Crippen LogP contribution in [0.15, 0.2) is 30.3 Å². The summed E-state index contributed by atoms with van der Waals surface area (Å²) in [5, 5.41) is 10.2. The Morgan fingerprint density at radius 2 is 2.00 bits per heavy atom. The summed E-state index contributed by atoms with van der Waals surface area (Å²) in [6, 6.07) is 9.57. The smallest absolute Gasteiger partial charge is 0.271 e. The molecular formula is C13H15N5O2. The first-order valence-corrected chi connectivity index (χ1v) is 6.08. The van der Waals surface area contributed by atoms with Gasteiger partial charge in [0.05, 0.1) is 5.69 Å². The first kappa shape index (κ1) is 13.7.